The number of nitrogen functional groups attached to an aromatic ring is 1. The van der Waals surface area contributed by atoms with Gasteiger partial charge in [-0.05, 0) is 29.7 Å². The van der Waals surface area contributed by atoms with E-state index in [4.69, 9.17) is 10.5 Å². The standard InChI is InChI=1S/C17H12F3NO/c18-17(19,20)14-10-12(8-9-15(14)21)22-16-7-3-5-11-4-1-2-6-13(11)16/h1-10H,21H2. The SMILES string of the molecule is Nc1ccc(Oc2cccc3ccccc23)cc1C(F)(F)F. The maximum absolute atomic E-state index is 12.9. The number of alkyl halides is 3. The molecule has 3 rings (SSSR count). The van der Waals surface area contributed by atoms with Crippen LogP contribution in [0.5, 0.6) is 11.5 Å². The van der Waals surface area contributed by atoms with Gasteiger partial charge in [0.1, 0.15) is 11.5 Å². The van der Waals surface area contributed by atoms with E-state index in [9.17, 15) is 13.2 Å². The zero-order chi connectivity index (χ0) is 15.7. The van der Waals surface area contributed by atoms with Gasteiger partial charge in [0.15, 0.2) is 0 Å². The zero-order valence-corrected chi connectivity index (χ0v) is 11.4. The van der Waals surface area contributed by atoms with E-state index >= 15 is 0 Å². The molecule has 0 aliphatic rings. The average Bonchev–Trinajstić information content (AvgIpc) is 2.48. The summed E-state index contributed by atoms with van der Waals surface area (Å²) in [5.74, 6) is 0.592. The highest BCUT2D eigenvalue weighted by Gasteiger charge is 2.33. The minimum Gasteiger partial charge on any atom is -0.457 e. The Labute approximate surface area is 124 Å². The van der Waals surface area contributed by atoms with E-state index in [0.717, 1.165) is 16.8 Å². The first-order chi connectivity index (χ1) is 10.4. The third-order valence-electron chi connectivity index (χ3n) is 3.31. The molecule has 0 radical (unpaired) electrons. The van der Waals surface area contributed by atoms with Crippen molar-refractivity contribution < 1.29 is 17.9 Å². The van der Waals surface area contributed by atoms with Gasteiger partial charge in [-0.25, -0.2) is 0 Å². The highest BCUT2D eigenvalue weighted by molar-refractivity contribution is 5.88. The molecule has 0 saturated heterocycles. The van der Waals surface area contributed by atoms with Gasteiger partial charge in [0.05, 0.1) is 5.56 Å². The Balaban J connectivity index is 2.03. The molecule has 0 heterocycles. The Bertz CT molecular complexity index is 822. The molecule has 0 saturated carbocycles. The van der Waals surface area contributed by atoms with Crippen LogP contribution >= 0.6 is 0 Å². The van der Waals surface area contributed by atoms with Crippen molar-refractivity contribution in [1.29, 1.82) is 0 Å². The van der Waals surface area contributed by atoms with Gasteiger partial charge in [-0.3, -0.25) is 0 Å². The van der Waals surface area contributed by atoms with E-state index in [-0.39, 0.29) is 11.4 Å². The van der Waals surface area contributed by atoms with Gasteiger partial charge in [0, 0.05) is 11.1 Å². The highest BCUT2D eigenvalue weighted by Crippen LogP contribution is 2.37. The van der Waals surface area contributed by atoms with Crippen molar-refractivity contribution in [1.82, 2.24) is 0 Å². The number of ether oxygens (including phenoxy) is 1. The summed E-state index contributed by atoms with van der Waals surface area (Å²) in [6.45, 7) is 0. The van der Waals surface area contributed by atoms with Gasteiger partial charge in [0.2, 0.25) is 0 Å². The molecule has 0 aliphatic heterocycles. The van der Waals surface area contributed by atoms with E-state index in [0.29, 0.717) is 5.75 Å². The fourth-order valence-corrected chi connectivity index (χ4v) is 2.26. The van der Waals surface area contributed by atoms with Crippen molar-refractivity contribution in [2.45, 2.75) is 6.18 Å². The van der Waals surface area contributed by atoms with Gasteiger partial charge in [0.25, 0.3) is 0 Å². The van der Waals surface area contributed by atoms with Gasteiger partial charge < -0.3 is 10.5 Å². The Kier molecular flexibility index (Phi) is 3.41. The molecule has 2 nitrogen and oxygen atoms in total. The van der Waals surface area contributed by atoms with Crippen LogP contribution in [0.3, 0.4) is 0 Å². The number of hydrogen-bond donors (Lipinski definition) is 1. The lowest BCUT2D eigenvalue weighted by molar-refractivity contribution is -0.137. The first-order valence-electron chi connectivity index (χ1n) is 6.57. The second-order valence-electron chi connectivity index (χ2n) is 4.83. The largest absolute Gasteiger partial charge is 0.457 e. The van der Waals surface area contributed by atoms with Crippen molar-refractivity contribution in [3.63, 3.8) is 0 Å². The number of anilines is 1. The predicted molar refractivity (Wildman–Crippen MR) is 79.9 cm³/mol. The van der Waals surface area contributed by atoms with Crippen molar-refractivity contribution in [3.05, 3.63) is 66.2 Å². The first kappa shape index (κ1) is 14.3. The van der Waals surface area contributed by atoms with Crippen LogP contribution in [0.15, 0.2) is 60.7 Å². The number of hydrogen-bond acceptors (Lipinski definition) is 2. The van der Waals surface area contributed by atoms with Crippen LogP contribution in [0.1, 0.15) is 5.56 Å². The summed E-state index contributed by atoms with van der Waals surface area (Å²) in [5, 5.41) is 1.78. The summed E-state index contributed by atoms with van der Waals surface area (Å²) in [4.78, 5) is 0. The monoisotopic (exact) mass is 303 g/mol. The van der Waals surface area contributed by atoms with Crippen LogP contribution in [0.2, 0.25) is 0 Å². The molecular formula is C17H12F3NO. The van der Waals surface area contributed by atoms with Crippen LogP contribution in [0, 0.1) is 0 Å². The average molecular weight is 303 g/mol. The number of benzene rings is 3. The van der Waals surface area contributed by atoms with Crippen molar-refractivity contribution in [2.75, 3.05) is 5.73 Å². The first-order valence-corrected chi connectivity index (χ1v) is 6.57. The lowest BCUT2D eigenvalue weighted by Gasteiger charge is -2.13. The van der Waals surface area contributed by atoms with E-state index in [1.54, 1.807) is 12.1 Å². The topological polar surface area (TPSA) is 35.2 Å². The van der Waals surface area contributed by atoms with Crippen LogP contribution < -0.4 is 10.5 Å². The molecular weight excluding hydrogens is 291 g/mol. The second kappa shape index (κ2) is 5.26. The smallest absolute Gasteiger partial charge is 0.418 e. The molecule has 0 bridgehead atoms. The summed E-state index contributed by atoms with van der Waals surface area (Å²) < 4.78 is 44.3. The molecule has 0 atom stereocenters. The third kappa shape index (κ3) is 2.70. The Hall–Kier alpha value is -2.69. The number of rotatable bonds is 2. The Morgan fingerprint density at radius 3 is 2.36 bits per heavy atom. The molecule has 2 N–H and O–H groups in total. The molecule has 0 aliphatic carbocycles. The minimum atomic E-state index is -4.51. The predicted octanol–water partition coefficient (Wildman–Crippen LogP) is 5.23. The summed E-state index contributed by atoms with van der Waals surface area (Å²) in [7, 11) is 0. The molecule has 3 aromatic carbocycles. The fraction of sp³-hybridized carbons (Fsp3) is 0.0588. The molecule has 5 heteroatoms. The maximum Gasteiger partial charge on any atom is 0.418 e. The summed E-state index contributed by atoms with van der Waals surface area (Å²) in [5.41, 5.74) is 4.16. The third-order valence-corrected chi connectivity index (χ3v) is 3.31. The van der Waals surface area contributed by atoms with Crippen molar-refractivity contribution >= 4 is 16.5 Å². The van der Waals surface area contributed by atoms with E-state index in [1.165, 1.54) is 12.1 Å². The quantitative estimate of drug-likeness (QED) is 0.658. The number of nitrogens with two attached hydrogens (primary N) is 1. The maximum atomic E-state index is 12.9. The zero-order valence-electron chi connectivity index (χ0n) is 11.4. The van der Waals surface area contributed by atoms with E-state index in [1.807, 2.05) is 30.3 Å². The Morgan fingerprint density at radius 2 is 1.59 bits per heavy atom. The molecule has 3 aromatic rings. The summed E-state index contributed by atoms with van der Waals surface area (Å²) >= 11 is 0. The van der Waals surface area contributed by atoms with E-state index < -0.39 is 11.7 Å². The number of fused-ring (bicyclic) bond motifs is 1. The molecule has 112 valence electrons. The fourth-order valence-electron chi connectivity index (χ4n) is 2.26. The minimum absolute atomic E-state index is 0.0953. The van der Waals surface area contributed by atoms with E-state index in [2.05, 4.69) is 0 Å². The van der Waals surface area contributed by atoms with Gasteiger partial charge in [-0.2, -0.15) is 13.2 Å². The normalized spacial score (nSPS) is 11.6. The van der Waals surface area contributed by atoms with Crippen molar-refractivity contribution in [2.24, 2.45) is 0 Å². The molecule has 0 unspecified atom stereocenters. The van der Waals surface area contributed by atoms with Gasteiger partial charge in [-0.15, -0.1) is 0 Å². The van der Waals surface area contributed by atoms with Crippen LogP contribution in [-0.4, -0.2) is 0 Å². The van der Waals surface area contributed by atoms with Crippen LogP contribution in [-0.2, 0) is 6.18 Å². The summed E-state index contributed by atoms with van der Waals surface area (Å²) in [6, 6.07) is 16.4. The lowest BCUT2D eigenvalue weighted by atomic mass is 10.1. The summed E-state index contributed by atoms with van der Waals surface area (Å²) in [6.07, 6.45) is -4.51. The second-order valence-corrected chi connectivity index (χ2v) is 4.83. The molecule has 0 spiro atoms. The molecule has 0 fully saturated rings. The highest BCUT2D eigenvalue weighted by atomic mass is 19.4. The van der Waals surface area contributed by atoms with Gasteiger partial charge in [-0.1, -0.05) is 36.4 Å². The molecule has 0 amide bonds. The van der Waals surface area contributed by atoms with Gasteiger partial charge >= 0.3 is 6.18 Å². The lowest BCUT2D eigenvalue weighted by Crippen LogP contribution is -2.08. The van der Waals surface area contributed by atoms with Crippen LogP contribution in [0.25, 0.3) is 10.8 Å². The Morgan fingerprint density at radius 1 is 0.864 bits per heavy atom. The molecule has 0 aromatic heterocycles. The number of halogens is 3. The van der Waals surface area contributed by atoms with Crippen LogP contribution in [0.4, 0.5) is 18.9 Å². The molecule has 22 heavy (non-hydrogen) atoms. The van der Waals surface area contributed by atoms with Crippen molar-refractivity contribution in [3.8, 4) is 11.5 Å².